The molecule has 120 valence electrons. The molecule has 1 saturated carbocycles. The minimum absolute atomic E-state index is 0.240. The summed E-state index contributed by atoms with van der Waals surface area (Å²) in [6.07, 6.45) is 5.51. The van der Waals surface area contributed by atoms with Crippen LogP contribution in [0.4, 0.5) is 0 Å². The summed E-state index contributed by atoms with van der Waals surface area (Å²) in [5, 5.41) is 10.8. The monoisotopic (exact) mass is 307 g/mol. The van der Waals surface area contributed by atoms with Crippen LogP contribution in [0, 0.1) is 0 Å². The smallest absolute Gasteiger partial charge is 0.394 e. The zero-order valence-corrected chi connectivity index (χ0v) is 12.4. The highest BCUT2D eigenvalue weighted by atomic mass is 16.7. The number of aliphatic carboxylic acids is 1. The van der Waals surface area contributed by atoms with Crippen molar-refractivity contribution in [1.29, 1.82) is 0 Å². The lowest BCUT2D eigenvalue weighted by atomic mass is 10.1. The molecule has 1 aromatic rings. The number of nitrogens with one attached hydrogen (secondary N) is 1. The number of amides is 1. The average molecular weight is 307 g/mol. The third-order valence-electron chi connectivity index (χ3n) is 3.62. The summed E-state index contributed by atoms with van der Waals surface area (Å²) in [6.45, 7) is 0.511. The molecule has 0 atom stereocenters. The van der Waals surface area contributed by atoms with Crippen molar-refractivity contribution >= 4 is 11.9 Å². The van der Waals surface area contributed by atoms with E-state index in [2.05, 4.69) is 5.32 Å². The van der Waals surface area contributed by atoms with E-state index in [1.807, 2.05) is 24.3 Å². The van der Waals surface area contributed by atoms with E-state index in [0.29, 0.717) is 18.3 Å². The van der Waals surface area contributed by atoms with E-state index in [0.717, 1.165) is 18.4 Å². The van der Waals surface area contributed by atoms with Gasteiger partial charge in [0.15, 0.2) is 6.79 Å². The number of carboxylic acids is 1. The molecule has 1 aromatic carbocycles. The van der Waals surface area contributed by atoms with E-state index in [-0.39, 0.29) is 13.3 Å². The number of rotatable bonds is 7. The lowest BCUT2D eigenvalue weighted by molar-refractivity contribution is -0.150. The first-order valence-corrected chi connectivity index (χ1v) is 7.49. The van der Waals surface area contributed by atoms with Crippen LogP contribution >= 0.6 is 0 Å². The summed E-state index contributed by atoms with van der Waals surface area (Å²) in [5.74, 6) is -1.75. The zero-order valence-electron chi connectivity index (χ0n) is 12.4. The van der Waals surface area contributed by atoms with Crippen molar-refractivity contribution in [2.24, 2.45) is 0 Å². The van der Waals surface area contributed by atoms with Crippen LogP contribution in [0.2, 0.25) is 0 Å². The standard InChI is InChI=1S/C16H21NO5/c18-15(16(19)20)17-9-8-12-4-3-7-14(10-12)22-11-21-13-5-1-2-6-13/h3-4,7,10,13H,1-2,5-6,8-9,11H2,(H,17,18)(H,19,20). The third kappa shape index (κ3) is 5.37. The van der Waals surface area contributed by atoms with Crippen LogP contribution in [0.15, 0.2) is 24.3 Å². The Morgan fingerprint density at radius 2 is 2.05 bits per heavy atom. The predicted octanol–water partition coefficient (Wildman–Crippen LogP) is 1.73. The van der Waals surface area contributed by atoms with Crippen molar-refractivity contribution in [3.63, 3.8) is 0 Å². The molecule has 0 saturated heterocycles. The van der Waals surface area contributed by atoms with Gasteiger partial charge in [-0.25, -0.2) is 4.79 Å². The number of carbonyl (C=O) groups excluding carboxylic acids is 1. The summed E-state index contributed by atoms with van der Waals surface area (Å²) >= 11 is 0. The summed E-state index contributed by atoms with van der Waals surface area (Å²) in [5.41, 5.74) is 0.962. The average Bonchev–Trinajstić information content (AvgIpc) is 3.01. The second-order valence-corrected chi connectivity index (χ2v) is 5.29. The van der Waals surface area contributed by atoms with Gasteiger partial charge < -0.3 is 19.9 Å². The molecule has 0 spiro atoms. The van der Waals surface area contributed by atoms with Gasteiger partial charge in [-0.15, -0.1) is 0 Å². The van der Waals surface area contributed by atoms with Gasteiger partial charge in [0.1, 0.15) is 5.75 Å². The summed E-state index contributed by atoms with van der Waals surface area (Å²) in [6, 6.07) is 7.47. The van der Waals surface area contributed by atoms with Crippen molar-refractivity contribution in [3.05, 3.63) is 29.8 Å². The van der Waals surface area contributed by atoms with E-state index in [4.69, 9.17) is 14.6 Å². The summed E-state index contributed by atoms with van der Waals surface area (Å²) in [7, 11) is 0. The normalized spacial score (nSPS) is 14.7. The molecule has 22 heavy (non-hydrogen) atoms. The van der Waals surface area contributed by atoms with E-state index >= 15 is 0 Å². The van der Waals surface area contributed by atoms with E-state index in [1.165, 1.54) is 12.8 Å². The summed E-state index contributed by atoms with van der Waals surface area (Å²) < 4.78 is 11.2. The summed E-state index contributed by atoms with van der Waals surface area (Å²) in [4.78, 5) is 21.3. The number of ether oxygens (including phenoxy) is 2. The largest absolute Gasteiger partial charge is 0.474 e. The second kappa shape index (κ2) is 8.38. The molecular weight excluding hydrogens is 286 g/mol. The van der Waals surface area contributed by atoms with Gasteiger partial charge in [-0.05, 0) is 37.0 Å². The highest BCUT2D eigenvalue weighted by Gasteiger charge is 2.15. The van der Waals surface area contributed by atoms with Crippen LogP contribution in [0.25, 0.3) is 0 Å². The maximum Gasteiger partial charge on any atom is 0.394 e. The lowest BCUT2D eigenvalue weighted by Gasteiger charge is -2.12. The predicted molar refractivity (Wildman–Crippen MR) is 79.6 cm³/mol. The third-order valence-corrected chi connectivity index (χ3v) is 3.62. The van der Waals surface area contributed by atoms with Gasteiger partial charge in [0.05, 0.1) is 6.10 Å². The fourth-order valence-electron chi connectivity index (χ4n) is 2.44. The lowest BCUT2D eigenvalue weighted by Crippen LogP contribution is -2.32. The molecule has 0 bridgehead atoms. The van der Waals surface area contributed by atoms with Gasteiger partial charge in [-0.1, -0.05) is 25.0 Å². The van der Waals surface area contributed by atoms with Crippen molar-refractivity contribution in [3.8, 4) is 5.75 Å². The highest BCUT2D eigenvalue weighted by molar-refractivity contribution is 6.31. The molecule has 2 rings (SSSR count). The van der Waals surface area contributed by atoms with E-state index < -0.39 is 11.9 Å². The zero-order chi connectivity index (χ0) is 15.8. The topological polar surface area (TPSA) is 84.9 Å². The molecule has 0 heterocycles. The Labute approximate surface area is 129 Å². The molecule has 0 radical (unpaired) electrons. The number of benzene rings is 1. The Kier molecular flexibility index (Phi) is 6.21. The first-order chi connectivity index (χ1) is 10.6. The number of carboxylic acid groups (broad SMARTS) is 1. The Morgan fingerprint density at radius 1 is 1.27 bits per heavy atom. The Hall–Kier alpha value is -2.08. The Balaban J connectivity index is 1.72. The molecular formula is C16H21NO5. The maximum absolute atomic E-state index is 10.9. The number of hydrogen-bond donors (Lipinski definition) is 2. The van der Waals surface area contributed by atoms with Crippen LogP contribution in [-0.4, -0.2) is 36.4 Å². The number of hydrogen-bond acceptors (Lipinski definition) is 4. The maximum atomic E-state index is 10.9. The van der Waals surface area contributed by atoms with Gasteiger partial charge >= 0.3 is 11.9 Å². The van der Waals surface area contributed by atoms with Gasteiger partial charge in [0.2, 0.25) is 0 Å². The molecule has 6 nitrogen and oxygen atoms in total. The van der Waals surface area contributed by atoms with E-state index in [1.54, 1.807) is 0 Å². The molecule has 1 fully saturated rings. The Bertz CT molecular complexity index is 511. The minimum Gasteiger partial charge on any atom is -0.474 e. The molecule has 0 unspecified atom stereocenters. The van der Waals surface area contributed by atoms with Crippen molar-refractivity contribution in [2.75, 3.05) is 13.3 Å². The Morgan fingerprint density at radius 3 is 2.77 bits per heavy atom. The second-order valence-electron chi connectivity index (χ2n) is 5.29. The molecule has 0 aliphatic heterocycles. The van der Waals surface area contributed by atoms with Crippen molar-refractivity contribution < 1.29 is 24.2 Å². The van der Waals surface area contributed by atoms with Crippen LogP contribution in [0.5, 0.6) is 5.75 Å². The fraction of sp³-hybridized carbons (Fsp3) is 0.500. The van der Waals surface area contributed by atoms with Crippen LogP contribution in [0.1, 0.15) is 31.2 Å². The molecule has 1 aliphatic rings. The van der Waals surface area contributed by atoms with Crippen molar-refractivity contribution in [2.45, 2.75) is 38.2 Å². The van der Waals surface area contributed by atoms with Crippen LogP contribution in [0.3, 0.4) is 0 Å². The minimum atomic E-state index is -1.47. The molecule has 0 aromatic heterocycles. The fourth-order valence-corrected chi connectivity index (χ4v) is 2.44. The molecule has 2 N–H and O–H groups in total. The van der Waals surface area contributed by atoms with Gasteiger partial charge in [0, 0.05) is 6.54 Å². The molecule has 1 amide bonds. The molecule has 1 aliphatic carbocycles. The molecule has 6 heteroatoms. The first kappa shape index (κ1) is 16.3. The quantitative estimate of drug-likeness (QED) is 0.592. The van der Waals surface area contributed by atoms with Gasteiger partial charge in [0.25, 0.3) is 0 Å². The van der Waals surface area contributed by atoms with E-state index in [9.17, 15) is 9.59 Å². The SMILES string of the molecule is O=C(O)C(=O)NCCc1cccc(OCOC2CCCC2)c1. The first-order valence-electron chi connectivity index (χ1n) is 7.49. The van der Waals surface area contributed by atoms with Crippen molar-refractivity contribution in [1.82, 2.24) is 5.32 Å². The van der Waals surface area contributed by atoms with Gasteiger partial charge in [-0.3, -0.25) is 4.79 Å². The number of carbonyl (C=O) groups is 2. The van der Waals surface area contributed by atoms with Crippen LogP contribution in [-0.2, 0) is 20.7 Å². The van der Waals surface area contributed by atoms with Crippen LogP contribution < -0.4 is 10.1 Å². The highest BCUT2D eigenvalue weighted by Crippen LogP contribution is 2.21. The van der Waals surface area contributed by atoms with Gasteiger partial charge in [-0.2, -0.15) is 0 Å².